The highest BCUT2D eigenvalue weighted by Gasteiger charge is 2.17. The van der Waals surface area contributed by atoms with Gasteiger partial charge in [-0.2, -0.15) is 0 Å². The van der Waals surface area contributed by atoms with Crippen LogP contribution < -0.4 is 10.1 Å². The van der Waals surface area contributed by atoms with E-state index < -0.39 is 0 Å². The van der Waals surface area contributed by atoms with Gasteiger partial charge in [-0.15, -0.1) is 0 Å². The van der Waals surface area contributed by atoms with Crippen molar-refractivity contribution in [3.63, 3.8) is 0 Å². The van der Waals surface area contributed by atoms with Crippen LogP contribution in [0.5, 0.6) is 5.88 Å². The summed E-state index contributed by atoms with van der Waals surface area (Å²) in [7, 11) is 0. The minimum atomic E-state index is -0.249. The molecule has 3 aromatic carbocycles. The Morgan fingerprint density at radius 3 is 2.04 bits per heavy atom. The van der Waals surface area contributed by atoms with E-state index >= 15 is 0 Å². The molecule has 0 unspecified atom stereocenters. The molecule has 4 rings (SSSR count). The van der Waals surface area contributed by atoms with Crippen LogP contribution in [0.3, 0.4) is 0 Å². The zero-order chi connectivity index (χ0) is 19.2. The van der Waals surface area contributed by atoms with Crippen LogP contribution in [0.25, 0.3) is 11.0 Å². The predicted molar refractivity (Wildman–Crippen MR) is 108 cm³/mol. The maximum atomic E-state index is 12.6. The normalized spacial score (nSPS) is 10.8. The van der Waals surface area contributed by atoms with Gasteiger partial charge in [-0.05, 0) is 23.3 Å². The fourth-order valence-corrected chi connectivity index (χ4v) is 3.00. The molecule has 0 fully saturated rings. The summed E-state index contributed by atoms with van der Waals surface area (Å²) in [6.07, 6.45) is 1.53. The first-order valence-electron chi connectivity index (χ1n) is 9.03. The summed E-state index contributed by atoms with van der Waals surface area (Å²) in [6.45, 7) is -0.136. The van der Waals surface area contributed by atoms with Crippen LogP contribution in [-0.2, 0) is 4.79 Å². The molecule has 5 heteroatoms. The van der Waals surface area contributed by atoms with Crippen molar-refractivity contribution >= 4 is 16.9 Å². The van der Waals surface area contributed by atoms with Crippen molar-refractivity contribution in [3.8, 4) is 5.88 Å². The molecular weight excluding hydrogens is 350 g/mol. The molecule has 0 saturated carbocycles. The van der Waals surface area contributed by atoms with Crippen LogP contribution in [0.2, 0.25) is 0 Å². The van der Waals surface area contributed by atoms with Crippen molar-refractivity contribution in [1.82, 2.24) is 15.3 Å². The van der Waals surface area contributed by atoms with Crippen molar-refractivity contribution in [1.29, 1.82) is 0 Å². The Morgan fingerprint density at radius 1 is 0.821 bits per heavy atom. The largest absolute Gasteiger partial charge is 0.466 e. The monoisotopic (exact) mass is 369 g/mol. The lowest BCUT2D eigenvalue weighted by Crippen LogP contribution is -2.33. The number of amides is 1. The molecule has 28 heavy (non-hydrogen) atoms. The Balaban J connectivity index is 1.47. The highest BCUT2D eigenvalue weighted by molar-refractivity contribution is 5.78. The maximum absolute atomic E-state index is 12.6. The third-order valence-corrected chi connectivity index (χ3v) is 4.35. The van der Waals surface area contributed by atoms with Crippen LogP contribution in [-0.4, -0.2) is 22.5 Å². The van der Waals surface area contributed by atoms with E-state index in [4.69, 9.17) is 4.74 Å². The molecule has 0 atom stereocenters. The minimum absolute atomic E-state index is 0.136. The summed E-state index contributed by atoms with van der Waals surface area (Å²) < 4.78 is 5.56. The molecule has 0 radical (unpaired) electrons. The van der Waals surface area contributed by atoms with Gasteiger partial charge in [0.2, 0.25) is 5.88 Å². The Morgan fingerprint density at radius 2 is 1.39 bits per heavy atom. The van der Waals surface area contributed by atoms with Gasteiger partial charge < -0.3 is 10.1 Å². The second-order valence-electron chi connectivity index (χ2n) is 6.31. The molecule has 5 nitrogen and oxygen atoms in total. The molecular formula is C23H19N3O2. The zero-order valence-electron chi connectivity index (χ0n) is 15.2. The standard InChI is InChI=1S/C23H19N3O2/c27-21(16-28-22-15-24-19-13-7-8-14-20(19)25-22)26-23(17-9-3-1-4-10-17)18-11-5-2-6-12-18/h1-15,23H,16H2,(H,26,27). The second kappa shape index (κ2) is 8.31. The molecule has 0 saturated heterocycles. The van der Waals surface area contributed by atoms with Gasteiger partial charge in [0.1, 0.15) is 0 Å². The predicted octanol–water partition coefficient (Wildman–Crippen LogP) is 3.91. The third-order valence-electron chi connectivity index (χ3n) is 4.35. The van der Waals surface area contributed by atoms with Crippen molar-refractivity contribution in [2.24, 2.45) is 0 Å². The molecule has 4 aromatic rings. The number of hydrogen-bond donors (Lipinski definition) is 1. The fraction of sp³-hybridized carbons (Fsp3) is 0.0870. The number of para-hydroxylation sites is 2. The molecule has 1 heterocycles. The Hall–Kier alpha value is -3.73. The molecule has 0 bridgehead atoms. The van der Waals surface area contributed by atoms with E-state index in [1.807, 2.05) is 84.9 Å². The van der Waals surface area contributed by atoms with Gasteiger partial charge in [0.05, 0.1) is 23.3 Å². The van der Waals surface area contributed by atoms with Crippen LogP contribution in [0, 0.1) is 0 Å². The van der Waals surface area contributed by atoms with E-state index in [1.165, 1.54) is 6.20 Å². The van der Waals surface area contributed by atoms with E-state index in [1.54, 1.807) is 0 Å². The van der Waals surface area contributed by atoms with E-state index in [2.05, 4.69) is 15.3 Å². The lowest BCUT2D eigenvalue weighted by Gasteiger charge is -2.20. The van der Waals surface area contributed by atoms with E-state index in [0.29, 0.717) is 5.88 Å². The molecule has 1 amide bonds. The SMILES string of the molecule is O=C(COc1cnc2ccccc2n1)NC(c1ccccc1)c1ccccc1. The number of ether oxygens (including phenoxy) is 1. The molecule has 0 aliphatic carbocycles. The van der Waals surface area contributed by atoms with Gasteiger partial charge in [-0.1, -0.05) is 72.8 Å². The number of nitrogens with zero attached hydrogens (tertiary/aromatic N) is 2. The molecule has 138 valence electrons. The van der Waals surface area contributed by atoms with Gasteiger partial charge >= 0.3 is 0 Å². The summed E-state index contributed by atoms with van der Waals surface area (Å²) in [5.74, 6) is 0.0949. The smallest absolute Gasteiger partial charge is 0.258 e. The molecule has 1 aromatic heterocycles. The summed E-state index contributed by atoms with van der Waals surface area (Å²) in [5, 5.41) is 3.04. The number of carbonyl (C=O) groups excluding carboxylic acids is 1. The fourth-order valence-electron chi connectivity index (χ4n) is 3.00. The first-order chi connectivity index (χ1) is 13.8. The minimum Gasteiger partial charge on any atom is -0.466 e. The summed E-state index contributed by atoms with van der Waals surface area (Å²) >= 11 is 0. The van der Waals surface area contributed by atoms with Gasteiger partial charge in [0.15, 0.2) is 6.61 Å². The number of carbonyl (C=O) groups is 1. The van der Waals surface area contributed by atoms with E-state index in [-0.39, 0.29) is 18.6 Å². The summed E-state index contributed by atoms with van der Waals surface area (Å²) in [6, 6.07) is 27.0. The first kappa shape index (κ1) is 17.7. The van der Waals surface area contributed by atoms with Crippen molar-refractivity contribution < 1.29 is 9.53 Å². The van der Waals surface area contributed by atoms with Gasteiger partial charge in [-0.25, -0.2) is 9.97 Å². The van der Waals surface area contributed by atoms with Gasteiger partial charge in [-0.3, -0.25) is 4.79 Å². The van der Waals surface area contributed by atoms with Crippen molar-refractivity contribution in [3.05, 3.63) is 102 Å². The lowest BCUT2D eigenvalue weighted by atomic mass is 9.99. The Bertz CT molecular complexity index is 1030. The number of fused-ring (bicyclic) bond motifs is 1. The average molecular weight is 369 g/mol. The summed E-state index contributed by atoms with van der Waals surface area (Å²) in [5.41, 5.74) is 3.53. The molecule has 1 N–H and O–H groups in total. The molecule has 0 aliphatic heterocycles. The Labute approximate surface area is 163 Å². The Kier molecular flexibility index (Phi) is 5.24. The molecule has 0 aliphatic rings. The average Bonchev–Trinajstić information content (AvgIpc) is 2.77. The van der Waals surface area contributed by atoms with Crippen LogP contribution in [0.15, 0.2) is 91.1 Å². The van der Waals surface area contributed by atoms with Crippen molar-refractivity contribution in [2.75, 3.05) is 6.61 Å². The maximum Gasteiger partial charge on any atom is 0.258 e. The first-order valence-corrected chi connectivity index (χ1v) is 9.03. The van der Waals surface area contributed by atoms with Crippen LogP contribution in [0.1, 0.15) is 17.2 Å². The number of hydrogen-bond acceptors (Lipinski definition) is 4. The number of rotatable bonds is 6. The van der Waals surface area contributed by atoms with Crippen molar-refractivity contribution in [2.45, 2.75) is 6.04 Å². The zero-order valence-corrected chi connectivity index (χ0v) is 15.2. The second-order valence-corrected chi connectivity index (χ2v) is 6.31. The van der Waals surface area contributed by atoms with Crippen LogP contribution in [0.4, 0.5) is 0 Å². The quantitative estimate of drug-likeness (QED) is 0.560. The van der Waals surface area contributed by atoms with Gasteiger partial charge in [0, 0.05) is 0 Å². The lowest BCUT2D eigenvalue weighted by molar-refractivity contribution is -0.123. The highest BCUT2D eigenvalue weighted by Crippen LogP contribution is 2.21. The molecule has 0 spiro atoms. The summed E-state index contributed by atoms with van der Waals surface area (Å²) in [4.78, 5) is 21.2. The third kappa shape index (κ3) is 4.15. The highest BCUT2D eigenvalue weighted by atomic mass is 16.5. The van der Waals surface area contributed by atoms with E-state index in [9.17, 15) is 4.79 Å². The topological polar surface area (TPSA) is 64.1 Å². The van der Waals surface area contributed by atoms with Gasteiger partial charge in [0.25, 0.3) is 5.91 Å². The number of nitrogens with one attached hydrogen (secondary N) is 1. The van der Waals surface area contributed by atoms with E-state index in [0.717, 1.165) is 22.2 Å². The number of benzene rings is 3. The van der Waals surface area contributed by atoms with Crippen LogP contribution >= 0.6 is 0 Å². The number of aromatic nitrogens is 2.